The van der Waals surface area contributed by atoms with Crippen molar-refractivity contribution in [2.45, 2.75) is 0 Å². The van der Waals surface area contributed by atoms with E-state index in [0.29, 0.717) is 17.3 Å². The van der Waals surface area contributed by atoms with Crippen molar-refractivity contribution in [1.29, 1.82) is 0 Å². The standard InChI is InChI=1S/C15H14N6O2/c1-23-13-9-5-6-11(14(13)22)10-16-21-15(18-19-20-21)17-12-7-3-2-4-8-12/h2-10,22H,1H3,(H,17,18,20)/b16-10-. The lowest BCUT2D eigenvalue weighted by atomic mass is 10.2. The van der Waals surface area contributed by atoms with E-state index >= 15 is 0 Å². The smallest absolute Gasteiger partial charge is 0.269 e. The van der Waals surface area contributed by atoms with Crippen LogP contribution >= 0.6 is 0 Å². The predicted molar refractivity (Wildman–Crippen MR) is 85.2 cm³/mol. The van der Waals surface area contributed by atoms with Gasteiger partial charge in [0.05, 0.1) is 13.3 Å². The van der Waals surface area contributed by atoms with Gasteiger partial charge in [0, 0.05) is 11.3 Å². The first-order valence-electron chi connectivity index (χ1n) is 6.78. The number of aromatic hydroxyl groups is 1. The summed E-state index contributed by atoms with van der Waals surface area (Å²) in [6, 6.07) is 14.6. The van der Waals surface area contributed by atoms with Crippen LogP contribution in [0.15, 0.2) is 53.6 Å². The number of aromatic nitrogens is 4. The van der Waals surface area contributed by atoms with E-state index in [9.17, 15) is 5.11 Å². The molecule has 0 aliphatic carbocycles. The molecule has 8 heteroatoms. The van der Waals surface area contributed by atoms with Crippen LogP contribution in [0, 0.1) is 0 Å². The summed E-state index contributed by atoms with van der Waals surface area (Å²) in [5.74, 6) is 0.729. The topological polar surface area (TPSA) is 97.5 Å². The minimum atomic E-state index is 0.00407. The second kappa shape index (κ2) is 6.56. The summed E-state index contributed by atoms with van der Waals surface area (Å²) in [6.45, 7) is 0. The van der Waals surface area contributed by atoms with Crippen molar-refractivity contribution in [3.8, 4) is 11.5 Å². The van der Waals surface area contributed by atoms with Crippen molar-refractivity contribution in [3.05, 3.63) is 54.1 Å². The number of phenols is 1. The zero-order valence-corrected chi connectivity index (χ0v) is 12.3. The van der Waals surface area contributed by atoms with Gasteiger partial charge in [0.15, 0.2) is 11.5 Å². The Morgan fingerprint density at radius 3 is 2.78 bits per heavy atom. The van der Waals surface area contributed by atoms with Crippen molar-refractivity contribution >= 4 is 17.9 Å². The number of rotatable bonds is 5. The third kappa shape index (κ3) is 3.26. The third-order valence-corrected chi connectivity index (χ3v) is 3.04. The van der Waals surface area contributed by atoms with Gasteiger partial charge in [0.25, 0.3) is 5.95 Å². The van der Waals surface area contributed by atoms with Crippen molar-refractivity contribution in [2.24, 2.45) is 5.10 Å². The van der Waals surface area contributed by atoms with Gasteiger partial charge in [-0.3, -0.25) is 0 Å². The van der Waals surface area contributed by atoms with Gasteiger partial charge in [-0.25, -0.2) is 0 Å². The number of hydrogen-bond acceptors (Lipinski definition) is 7. The second-order valence-corrected chi connectivity index (χ2v) is 4.53. The highest BCUT2D eigenvalue weighted by Gasteiger charge is 2.07. The number of phenolic OH excluding ortho intramolecular Hbond substituents is 1. The molecule has 0 aliphatic rings. The second-order valence-electron chi connectivity index (χ2n) is 4.53. The Balaban J connectivity index is 1.83. The van der Waals surface area contributed by atoms with E-state index in [-0.39, 0.29) is 5.75 Å². The molecule has 0 saturated carbocycles. The largest absolute Gasteiger partial charge is 0.504 e. The molecular formula is C15H14N6O2. The molecule has 116 valence electrons. The molecule has 0 atom stereocenters. The number of ether oxygens (including phenoxy) is 1. The highest BCUT2D eigenvalue weighted by molar-refractivity contribution is 5.84. The van der Waals surface area contributed by atoms with E-state index in [0.717, 1.165) is 5.69 Å². The molecule has 0 amide bonds. The van der Waals surface area contributed by atoms with Crippen LogP contribution in [0.25, 0.3) is 0 Å². The first-order chi connectivity index (χ1) is 11.3. The highest BCUT2D eigenvalue weighted by Crippen LogP contribution is 2.28. The maximum absolute atomic E-state index is 10.0. The van der Waals surface area contributed by atoms with E-state index in [1.165, 1.54) is 18.1 Å². The zero-order chi connectivity index (χ0) is 16.1. The lowest BCUT2D eigenvalue weighted by Gasteiger charge is -2.05. The van der Waals surface area contributed by atoms with Crippen molar-refractivity contribution in [1.82, 2.24) is 20.3 Å². The fourth-order valence-electron chi connectivity index (χ4n) is 1.91. The number of tetrazole rings is 1. The first-order valence-corrected chi connectivity index (χ1v) is 6.78. The van der Waals surface area contributed by atoms with Crippen molar-refractivity contribution in [3.63, 3.8) is 0 Å². The fraction of sp³-hybridized carbons (Fsp3) is 0.0667. The van der Waals surface area contributed by atoms with E-state index in [2.05, 4.69) is 25.9 Å². The van der Waals surface area contributed by atoms with Crippen LogP contribution in [0.1, 0.15) is 5.56 Å². The Labute approximate surface area is 132 Å². The van der Waals surface area contributed by atoms with E-state index < -0.39 is 0 Å². The molecule has 0 saturated heterocycles. The molecule has 0 spiro atoms. The van der Waals surface area contributed by atoms with Crippen LogP contribution in [-0.2, 0) is 0 Å². The summed E-state index contributed by atoms with van der Waals surface area (Å²) in [5, 5.41) is 28.5. The Morgan fingerprint density at radius 1 is 1.17 bits per heavy atom. The van der Waals surface area contributed by atoms with Gasteiger partial charge >= 0.3 is 0 Å². The van der Waals surface area contributed by atoms with Crippen LogP contribution in [0.5, 0.6) is 11.5 Å². The fourth-order valence-corrected chi connectivity index (χ4v) is 1.91. The lowest BCUT2D eigenvalue weighted by Crippen LogP contribution is -2.01. The van der Waals surface area contributed by atoms with Crippen LogP contribution in [-0.4, -0.2) is 38.7 Å². The number of benzene rings is 2. The molecule has 1 heterocycles. The zero-order valence-electron chi connectivity index (χ0n) is 12.3. The molecule has 8 nitrogen and oxygen atoms in total. The molecule has 0 radical (unpaired) electrons. The number of hydrogen-bond donors (Lipinski definition) is 2. The van der Waals surface area contributed by atoms with E-state index in [4.69, 9.17) is 4.74 Å². The molecule has 3 rings (SSSR count). The Morgan fingerprint density at radius 2 is 2.00 bits per heavy atom. The number of para-hydroxylation sites is 2. The summed E-state index contributed by atoms with van der Waals surface area (Å²) in [6.07, 6.45) is 1.45. The summed E-state index contributed by atoms with van der Waals surface area (Å²) < 4.78 is 5.05. The predicted octanol–water partition coefficient (Wildman–Crippen LogP) is 2.01. The van der Waals surface area contributed by atoms with E-state index in [1.54, 1.807) is 18.2 Å². The Hall–Kier alpha value is -3.42. The van der Waals surface area contributed by atoms with Gasteiger partial charge in [-0.15, -0.1) is 0 Å². The molecule has 1 aromatic heterocycles. The molecule has 0 unspecified atom stereocenters. The molecule has 0 bridgehead atoms. The number of methoxy groups -OCH3 is 1. The summed E-state index contributed by atoms with van der Waals surface area (Å²) >= 11 is 0. The Bertz CT molecular complexity index is 816. The van der Waals surface area contributed by atoms with E-state index in [1.807, 2.05) is 30.3 Å². The third-order valence-electron chi connectivity index (χ3n) is 3.04. The normalized spacial score (nSPS) is 10.8. The van der Waals surface area contributed by atoms with Crippen LogP contribution in [0.3, 0.4) is 0 Å². The van der Waals surface area contributed by atoms with Gasteiger partial charge in [0.1, 0.15) is 0 Å². The molecule has 0 fully saturated rings. The molecule has 2 N–H and O–H groups in total. The lowest BCUT2D eigenvalue weighted by molar-refractivity contribution is 0.373. The molecule has 23 heavy (non-hydrogen) atoms. The van der Waals surface area contributed by atoms with Gasteiger partial charge in [0.2, 0.25) is 0 Å². The number of anilines is 2. The molecular weight excluding hydrogens is 296 g/mol. The number of nitrogens with one attached hydrogen (secondary N) is 1. The first kappa shape index (κ1) is 14.5. The van der Waals surface area contributed by atoms with Crippen molar-refractivity contribution < 1.29 is 9.84 Å². The molecule has 3 aromatic rings. The quantitative estimate of drug-likeness (QED) is 0.700. The minimum absolute atomic E-state index is 0.00407. The van der Waals surface area contributed by atoms with Gasteiger partial charge in [-0.2, -0.15) is 5.10 Å². The Kier molecular flexibility index (Phi) is 4.14. The van der Waals surface area contributed by atoms with Crippen molar-refractivity contribution in [2.75, 3.05) is 12.4 Å². The van der Waals surface area contributed by atoms with Gasteiger partial charge < -0.3 is 15.2 Å². The summed E-state index contributed by atoms with van der Waals surface area (Å²) in [4.78, 5) is 1.23. The van der Waals surface area contributed by atoms with Crippen LogP contribution < -0.4 is 10.1 Å². The average Bonchev–Trinajstić information content (AvgIpc) is 3.02. The maximum Gasteiger partial charge on any atom is 0.269 e. The average molecular weight is 310 g/mol. The summed E-state index contributed by atoms with van der Waals surface area (Å²) in [7, 11) is 1.49. The number of nitrogens with zero attached hydrogens (tertiary/aromatic N) is 5. The highest BCUT2D eigenvalue weighted by atomic mass is 16.5. The summed E-state index contributed by atoms with van der Waals surface area (Å²) in [5.41, 5.74) is 1.33. The molecule has 2 aromatic carbocycles. The van der Waals surface area contributed by atoms with Crippen LogP contribution in [0.4, 0.5) is 11.6 Å². The van der Waals surface area contributed by atoms with Gasteiger partial charge in [-0.05, 0) is 34.7 Å². The maximum atomic E-state index is 10.0. The minimum Gasteiger partial charge on any atom is -0.504 e. The SMILES string of the molecule is COc1cccc(/C=N\n2nnnc2Nc2ccccc2)c1O. The van der Waals surface area contributed by atoms with Gasteiger partial charge in [-0.1, -0.05) is 34.2 Å². The molecule has 0 aliphatic heterocycles. The van der Waals surface area contributed by atoms with Crippen LogP contribution in [0.2, 0.25) is 0 Å². The monoisotopic (exact) mass is 310 g/mol.